The van der Waals surface area contributed by atoms with Gasteiger partial charge < -0.3 is 11.1 Å². The van der Waals surface area contributed by atoms with E-state index >= 15 is 0 Å². The average Bonchev–Trinajstić information content (AvgIpc) is 2.12. The van der Waals surface area contributed by atoms with Crippen LogP contribution in [-0.2, 0) is 0 Å². The van der Waals surface area contributed by atoms with Gasteiger partial charge in [-0.05, 0) is 20.3 Å². The fraction of sp³-hybridized carbons (Fsp3) is 0.400. The van der Waals surface area contributed by atoms with Crippen LogP contribution in [0.2, 0.25) is 0 Å². The molecule has 1 rings (SSSR count). The van der Waals surface area contributed by atoms with Crippen molar-refractivity contribution in [1.82, 2.24) is 9.97 Å². The number of nitrogen functional groups attached to an aromatic ring is 1. The molecular formula is C10H16N4. The molecule has 0 bridgehead atoms. The van der Waals surface area contributed by atoms with Gasteiger partial charge in [-0.1, -0.05) is 11.6 Å². The first-order valence-corrected chi connectivity index (χ1v) is 4.63. The highest BCUT2D eigenvalue weighted by molar-refractivity contribution is 5.43. The molecule has 0 unspecified atom stereocenters. The summed E-state index contributed by atoms with van der Waals surface area (Å²) in [5.41, 5.74) is 6.84. The normalized spacial score (nSPS) is 9.57. The van der Waals surface area contributed by atoms with E-state index in [-0.39, 0.29) is 0 Å². The van der Waals surface area contributed by atoms with Gasteiger partial charge in [-0.15, -0.1) is 0 Å². The Labute approximate surface area is 84.3 Å². The van der Waals surface area contributed by atoms with E-state index in [0.717, 1.165) is 18.8 Å². The van der Waals surface area contributed by atoms with Crippen molar-refractivity contribution in [2.45, 2.75) is 20.3 Å². The van der Waals surface area contributed by atoms with Crippen molar-refractivity contribution in [1.29, 1.82) is 0 Å². The lowest BCUT2D eigenvalue weighted by Crippen LogP contribution is -2.03. The molecule has 0 radical (unpaired) electrons. The lowest BCUT2D eigenvalue weighted by atomic mass is 10.3. The van der Waals surface area contributed by atoms with Crippen LogP contribution in [0, 0.1) is 0 Å². The fourth-order valence-electron chi connectivity index (χ4n) is 1.03. The summed E-state index contributed by atoms with van der Waals surface area (Å²) < 4.78 is 0. The van der Waals surface area contributed by atoms with Gasteiger partial charge in [0.05, 0.1) is 0 Å². The molecule has 0 atom stereocenters. The Morgan fingerprint density at radius 1 is 1.50 bits per heavy atom. The molecule has 0 saturated heterocycles. The minimum atomic E-state index is 0.490. The highest BCUT2D eigenvalue weighted by Crippen LogP contribution is 2.04. The second-order valence-corrected chi connectivity index (χ2v) is 3.33. The van der Waals surface area contributed by atoms with E-state index in [4.69, 9.17) is 5.73 Å². The highest BCUT2D eigenvalue weighted by atomic mass is 15.0. The summed E-state index contributed by atoms with van der Waals surface area (Å²) in [6, 6.07) is 1.72. The van der Waals surface area contributed by atoms with Crippen molar-refractivity contribution >= 4 is 11.6 Å². The molecule has 0 aliphatic rings. The van der Waals surface area contributed by atoms with Crippen molar-refractivity contribution in [3.8, 4) is 0 Å². The Kier molecular flexibility index (Phi) is 3.91. The monoisotopic (exact) mass is 192 g/mol. The summed E-state index contributed by atoms with van der Waals surface area (Å²) >= 11 is 0. The predicted molar refractivity (Wildman–Crippen MR) is 59.0 cm³/mol. The van der Waals surface area contributed by atoms with Gasteiger partial charge in [-0.2, -0.15) is 0 Å². The average molecular weight is 192 g/mol. The van der Waals surface area contributed by atoms with E-state index in [1.54, 1.807) is 6.07 Å². The van der Waals surface area contributed by atoms with Crippen LogP contribution in [0.4, 0.5) is 11.6 Å². The number of nitrogens with one attached hydrogen (secondary N) is 1. The van der Waals surface area contributed by atoms with E-state index < -0.39 is 0 Å². The zero-order chi connectivity index (χ0) is 10.4. The van der Waals surface area contributed by atoms with E-state index in [2.05, 4.69) is 35.2 Å². The number of aromatic nitrogens is 2. The lowest BCUT2D eigenvalue weighted by molar-refractivity contribution is 1.02. The summed E-state index contributed by atoms with van der Waals surface area (Å²) in [4.78, 5) is 7.84. The molecule has 76 valence electrons. The van der Waals surface area contributed by atoms with Crippen LogP contribution < -0.4 is 11.1 Å². The standard InChI is InChI=1S/C10H16N4/c1-8(2)4-3-5-12-10-6-9(11)13-7-14-10/h4,6-7H,3,5H2,1-2H3,(H3,11,12,13,14). The summed E-state index contributed by atoms with van der Waals surface area (Å²) in [7, 11) is 0. The number of anilines is 2. The topological polar surface area (TPSA) is 63.8 Å². The van der Waals surface area contributed by atoms with Crippen LogP contribution in [0.15, 0.2) is 24.0 Å². The maximum absolute atomic E-state index is 5.51. The van der Waals surface area contributed by atoms with Gasteiger partial charge in [0, 0.05) is 12.6 Å². The maximum atomic E-state index is 5.51. The predicted octanol–water partition coefficient (Wildman–Crippen LogP) is 1.83. The van der Waals surface area contributed by atoms with Crippen LogP contribution in [0.5, 0.6) is 0 Å². The summed E-state index contributed by atoms with van der Waals surface area (Å²) in [6.45, 7) is 5.03. The second-order valence-electron chi connectivity index (χ2n) is 3.33. The zero-order valence-corrected chi connectivity index (χ0v) is 8.62. The number of hydrogen-bond donors (Lipinski definition) is 2. The highest BCUT2D eigenvalue weighted by Gasteiger charge is 1.92. The van der Waals surface area contributed by atoms with Gasteiger partial charge in [-0.3, -0.25) is 0 Å². The van der Waals surface area contributed by atoms with Gasteiger partial charge in [0.2, 0.25) is 0 Å². The number of nitrogens with zero attached hydrogens (tertiary/aromatic N) is 2. The molecule has 3 N–H and O–H groups in total. The van der Waals surface area contributed by atoms with Gasteiger partial charge >= 0.3 is 0 Å². The Balaban J connectivity index is 2.35. The SMILES string of the molecule is CC(C)=CCCNc1cc(N)ncn1. The van der Waals surface area contributed by atoms with Gasteiger partial charge in [0.1, 0.15) is 18.0 Å². The molecule has 0 saturated carbocycles. The van der Waals surface area contributed by atoms with Crippen LogP contribution in [-0.4, -0.2) is 16.5 Å². The van der Waals surface area contributed by atoms with Crippen LogP contribution in [0.3, 0.4) is 0 Å². The van der Waals surface area contributed by atoms with Crippen molar-refractivity contribution < 1.29 is 0 Å². The molecule has 0 amide bonds. The van der Waals surface area contributed by atoms with Crippen molar-refractivity contribution in [3.63, 3.8) is 0 Å². The van der Waals surface area contributed by atoms with Gasteiger partial charge in [0.15, 0.2) is 0 Å². The molecule has 1 aromatic rings. The Bertz CT molecular complexity index is 316. The Hall–Kier alpha value is -1.58. The molecular weight excluding hydrogens is 176 g/mol. The Morgan fingerprint density at radius 2 is 2.29 bits per heavy atom. The van der Waals surface area contributed by atoms with E-state index in [1.807, 2.05) is 0 Å². The summed E-state index contributed by atoms with van der Waals surface area (Å²) in [6.07, 6.45) is 4.63. The molecule has 0 aliphatic carbocycles. The van der Waals surface area contributed by atoms with Crippen molar-refractivity contribution in [2.75, 3.05) is 17.6 Å². The maximum Gasteiger partial charge on any atom is 0.131 e. The van der Waals surface area contributed by atoms with E-state index in [9.17, 15) is 0 Å². The molecule has 4 heteroatoms. The third-order valence-corrected chi connectivity index (χ3v) is 1.69. The molecule has 1 heterocycles. The molecule has 0 fully saturated rings. The number of hydrogen-bond acceptors (Lipinski definition) is 4. The Morgan fingerprint density at radius 3 is 2.93 bits per heavy atom. The molecule has 0 spiro atoms. The fourth-order valence-corrected chi connectivity index (χ4v) is 1.03. The van der Waals surface area contributed by atoms with Crippen LogP contribution in [0.1, 0.15) is 20.3 Å². The van der Waals surface area contributed by atoms with Crippen LogP contribution in [0.25, 0.3) is 0 Å². The second kappa shape index (κ2) is 5.21. The lowest BCUT2D eigenvalue weighted by Gasteiger charge is -2.03. The van der Waals surface area contributed by atoms with Gasteiger partial charge in [0.25, 0.3) is 0 Å². The van der Waals surface area contributed by atoms with E-state index in [0.29, 0.717) is 5.82 Å². The summed E-state index contributed by atoms with van der Waals surface area (Å²) in [5.74, 6) is 1.27. The van der Waals surface area contributed by atoms with Crippen molar-refractivity contribution in [3.05, 3.63) is 24.0 Å². The third-order valence-electron chi connectivity index (χ3n) is 1.69. The van der Waals surface area contributed by atoms with Crippen molar-refractivity contribution in [2.24, 2.45) is 0 Å². The first-order chi connectivity index (χ1) is 6.68. The smallest absolute Gasteiger partial charge is 0.131 e. The number of nitrogens with two attached hydrogens (primary N) is 1. The number of rotatable bonds is 4. The van der Waals surface area contributed by atoms with E-state index in [1.165, 1.54) is 11.9 Å². The minimum absolute atomic E-state index is 0.490. The first kappa shape index (κ1) is 10.5. The third kappa shape index (κ3) is 3.89. The number of allylic oxidation sites excluding steroid dienone is 1. The molecule has 0 aliphatic heterocycles. The van der Waals surface area contributed by atoms with Gasteiger partial charge in [-0.25, -0.2) is 9.97 Å². The molecule has 4 nitrogen and oxygen atoms in total. The molecule has 14 heavy (non-hydrogen) atoms. The first-order valence-electron chi connectivity index (χ1n) is 4.63. The minimum Gasteiger partial charge on any atom is -0.384 e. The quantitative estimate of drug-likeness (QED) is 0.564. The summed E-state index contributed by atoms with van der Waals surface area (Å²) in [5, 5.41) is 3.17. The zero-order valence-electron chi connectivity index (χ0n) is 8.62. The van der Waals surface area contributed by atoms with Crippen LogP contribution >= 0.6 is 0 Å². The largest absolute Gasteiger partial charge is 0.384 e. The molecule has 1 aromatic heterocycles. The molecule has 0 aromatic carbocycles.